The Morgan fingerprint density at radius 1 is 1.21 bits per heavy atom. The van der Waals surface area contributed by atoms with Crippen LogP contribution in [0.3, 0.4) is 0 Å². The first-order valence-corrected chi connectivity index (χ1v) is 12.7. The van der Waals surface area contributed by atoms with Crippen LogP contribution >= 0.6 is 0 Å². The number of ether oxygens (including phenoxy) is 1. The molecule has 162 valence electrons. The van der Waals surface area contributed by atoms with Gasteiger partial charge in [0.25, 0.3) is 0 Å². The quantitative estimate of drug-likeness (QED) is 0.520. The van der Waals surface area contributed by atoms with Crippen LogP contribution in [0.4, 0.5) is 0 Å². The molecule has 2 fully saturated rings. The number of nitrogens with zero attached hydrogens (tertiary/aromatic N) is 1. The third kappa shape index (κ3) is 4.13. The highest BCUT2D eigenvalue weighted by Crippen LogP contribution is 2.61. The lowest BCUT2D eigenvalue weighted by molar-refractivity contribution is 0.00361. The predicted molar refractivity (Wildman–Crippen MR) is 114 cm³/mol. The van der Waals surface area contributed by atoms with E-state index in [0.29, 0.717) is 13.1 Å². The molecule has 8 heteroatoms. The Labute approximate surface area is 174 Å². The van der Waals surface area contributed by atoms with Gasteiger partial charge in [0.15, 0.2) is 5.72 Å². The minimum atomic E-state index is -3.13. The number of sulfonamides is 1. The minimum Gasteiger partial charge on any atom is -0.474 e. The van der Waals surface area contributed by atoms with E-state index in [2.05, 4.69) is 38.7 Å². The minimum absolute atomic E-state index is 0.0517. The second-order valence-electron chi connectivity index (χ2n) is 8.74. The van der Waals surface area contributed by atoms with Gasteiger partial charge in [-0.2, -0.15) is 0 Å². The summed E-state index contributed by atoms with van der Waals surface area (Å²) >= 11 is 0. The van der Waals surface area contributed by atoms with E-state index in [1.165, 1.54) is 42.5 Å². The molecule has 1 saturated carbocycles. The first kappa shape index (κ1) is 20.9. The molecule has 0 aromatic rings. The molecule has 1 spiro atoms. The first-order valence-electron chi connectivity index (χ1n) is 10.8. The van der Waals surface area contributed by atoms with Gasteiger partial charge in [0.05, 0.1) is 17.4 Å². The number of nitrogens with one attached hydrogen (secondary N) is 3. The maximum Gasteiger partial charge on any atom is 0.208 e. The molecule has 3 N–H and O–H groups in total. The Hall–Kier alpha value is -1.35. The second kappa shape index (κ2) is 8.06. The fraction of sp³-hybridized carbons (Fsp3) is 0.714. The predicted octanol–water partition coefficient (Wildman–Crippen LogP) is 2.13. The third-order valence-electron chi connectivity index (χ3n) is 6.74. The smallest absolute Gasteiger partial charge is 0.208 e. The van der Waals surface area contributed by atoms with E-state index in [1.807, 2.05) is 7.05 Å². The summed E-state index contributed by atoms with van der Waals surface area (Å²) in [7, 11) is -1.14. The number of fused-ring (bicyclic) bond motifs is 1. The van der Waals surface area contributed by atoms with Crippen molar-refractivity contribution in [2.24, 2.45) is 5.41 Å². The van der Waals surface area contributed by atoms with Gasteiger partial charge in [-0.1, -0.05) is 12.5 Å². The standard InChI is InChI=1S/C21H34N4O3S/c1-22-21(10-11-23-12-13-24-29(2,26)27)16-20-9-5-3-7-17(20)15-25-14-6-4-8-18(25)19(20)28-21/h6,14-15,22-24H,3-5,7-13,16H2,1-2H3. The van der Waals surface area contributed by atoms with E-state index in [-0.39, 0.29) is 11.1 Å². The molecular weight excluding hydrogens is 388 g/mol. The third-order valence-corrected chi connectivity index (χ3v) is 7.47. The zero-order valence-corrected chi connectivity index (χ0v) is 18.4. The normalized spacial score (nSPS) is 31.1. The lowest BCUT2D eigenvalue weighted by Gasteiger charge is -2.42. The molecule has 2 atom stereocenters. The second-order valence-corrected chi connectivity index (χ2v) is 10.6. The largest absolute Gasteiger partial charge is 0.474 e. The average Bonchev–Trinajstić information content (AvgIpc) is 3.03. The van der Waals surface area contributed by atoms with Gasteiger partial charge in [-0.3, -0.25) is 5.32 Å². The Morgan fingerprint density at radius 3 is 2.86 bits per heavy atom. The van der Waals surface area contributed by atoms with E-state index >= 15 is 0 Å². The molecule has 1 aliphatic carbocycles. The maximum absolute atomic E-state index is 11.2. The molecule has 1 saturated heterocycles. The van der Waals surface area contributed by atoms with Crippen LogP contribution in [0.25, 0.3) is 0 Å². The Kier molecular flexibility index (Phi) is 5.81. The van der Waals surface area contributed by atoms with Crippen LogP contribution < -0.4 is 15.4 Å². The van der Waals surface area contributed by atoms with Gasteiger partial charge in [0.2, 0.25) is 10.0 Å². The summed E-state index contributed by atoms with van der Waals surface area (Å²) in [4.78, 5) is 2.29. The van der Waals surface area contributed by atoms with Gasteiger partial charge in [-0.05, 0) is 44.7 Å². The number of hydrogen-bond donors (Lipinski definition) is 3. The fourth-order valence-electron chi connectivity index (χ4n) is 5.31. The van der Waals surface area contributed by atoms with Gasteiger partial charge in [0.1, 0.15) is 5.76 Å². The lowest BCUT2D eigenvalue weighted by Crippen LogP contribution is -2.46. The van der Waals surface area contributed by atoms with E-state index in [0.717, 1.165) is 38.6 Å². The summed E-state index contributed by atoms with van der Waals surface area (Å²) in [6.07, 6.45) is 16.7. The highest BCUT2D eigenvalue weighted by atomic mass is 32.2. The topological polar surface area (TPSA) is 82.7 Å². The van der Waals surface area contributed by atoms with Crippen LogP contribution in [0.1, 0.15) is 51.4 Å². The zero-order valence-electron chi connectivity index (χ0n) is 17.6. The van der Waals surface area contributed by atoms with Crippen molar-refractivity contribution in [3.63, 3.8) is 0 Å². The highest BCUT2D eigenvalue weighted by Gasteiger charge is 2.57. The van der Waals surface area contributed by atoms with Crippen molar-refractivity contribution in [1.82, 2.24) is 20.3 Å². The summed E-state index contributed by atoms with van der Waals surface area (Å²) < 4.78 is 31.7. The van der Waals surface area contributed by atoms with Gasteiger partial charge in [-0.15, -0.1) is 0 Å². The summed E-state index contributed by atoms with van der Waals surface area (Å²) in [6, 6.07) is 0. The molecule has 7 nitrogen and oxygen atoms in total. The molecule has 0 aromatic carbocycles. The molecule has 4 aliphatic rings. The van der Waals surface area contributed by atoms with Crippen LogP contribution in [0.15, 0.2) is 35.5 Å². The van der Waals surface area contributed by atoms with Gasteiger partial charge < -0.3 is 15.0 Å². The van der Waals surface area contributed by atoms with Gasteiger partial charge >= 0.3 is 0 Å². The highest BCUT2D eigenvalue weighted by molar-refractivity contribution is 7.88. The van der Waals surface area contributed by atoms with Crippen molar-refractivity contribution < 1.29 is 13.2 Å². The van der Waals surface area contributed by atoms with Gasteiger partial charge in [-0.25, -0.2) is 13.1 Å². The fourth-order valence-corrected chi connectivity index (χ4v) is 5.79. The van der Waals surface area contributed by atoms with Crippen molar-refractivity contribution in [2.45, 2.75) is 57.1 Å². The lowest BCUT2D eigenvalue weighted by atomic mass is 9.65. The van der Waals surface area contributed by atoms with Gasteiger partial charge in [0, 0.05) is 44.9 Å². The number of allylic oxidation sites excluding steroid dienone is 3. The molecule has 4 rings (SSSR count). The zero-order chi connectivity index (χ0) is 20.5. The average molecular weight is 423 g/mol. The molecular formula is C21H34N4O3S. The van der Waals surface area contributed by atoms with E-state index in [4.69, 9.17) is 4.74 Å². The monoisotopic (exact) mass is 422 g/mol. The van der Waals surface area contributed by atoms with Crippen LogP contribution in [-0.2, 0) is 14.8 Å². The first-order chi connectivity index (χ1) is 13.9. The van der Waals surface area contributed by atoms with Crippen LogP contribution in [0, 0.1) is 5.41 Å². The maximum atomic E-state index is 11.2. The van der Waals surface area contributed by atoms with E-state index < -0.39 is 10.0 Å². The summed E-state index contributed by atoms with van der Waals surface area (Å²) in [5, 5.41) is 6.85. The molecule has 3 heterocycles. The number of rotatable bonds is 8. The molecule has 0 aromatic heterocycles. The van der Waals surface area contributed by atoms with E-state index in [1.54, 1.807) is 0 Å². The SMILES string of the molecule is CNC1(CCNCCNS(C)(=O)=O)CC23CCCCC2=CN2C=CCCC2=C3O1. The molecule has 0 amide bonds. The van der Waals surface area contributed by atoms with Crippen LogP contribution in [-0.4, -0.2) is 52.0 Å². The van der Waals surface area contributed by atoms with Crippen molar-refractivity contribution in [3.05, 3.63) is 35.5 Å². The van der Waals surface area contributed by atoms with Crippen molar-refractivity contribution in [1.29, 1.82) is 0 Å². The molecule has 0 bridgehead atoms. The van der Waals surface area contributed by atoms with Crippen molar-refractivity contribution >= 4 is 10.0 Å². The Bertz CT molecular complexity index is 835. The summed E-state index contributed by atoms with van der Waals surface area (Å²) in [5.74, 6) is 1.20. The summed E-state index contributed by atoms with van der Waals surface area (Å²) in [5.41, 5.74) is 2.53. The molecule has 29 heavy (non-hydrogen) atoms. The van der Waals surface area contributed by atoms with Crippen molar-refractivity contribution in [2.75, 3.05) is 32.9 Å². The Balaban J connectivity index is 1.48. The summed E-state index contributed by atoms with van der Waals surface area (Å²) in [6.45, 7) is 1.78. The molecule has 3 aliphatic heterocycles. The van der Waals surface area contributed by atoms with Crippen molar-refractivity contribution in [3.8, 4) is 0 Å². The van der Waals surface area contributed by atoms with Crippen LogP contribution in [0.2, 0.25) is 0 Å². The number of hydrogen-bond acceptors (Lipinski definition) is 6. The van der Waals surface area contributed by atoms with E-state index in [9.17, 15) is 8.42 Å². The Morgan fingerprint density at radius 2 is 2.07 bits per heavy atom. The van der Waals surface area contributed by atoms with Crippen LogP contribution in [0.5, 0.6) is 0 Å². The molecule has 0 radical (unpaired) electrons. The molecule has 2 unspecified atom stereocenters.